The molecule has 1 heterocycles. The number of benzene rings is 2. The Morgan fingerprint density at radius 1 is 1.15 bits per heavy atom. The fraction of sp³-hybridized carbons (Fsp3) is 0.300. The van der Waals surface area contributed by atoms with Crippen LogP contribution in [0.15, 0.2) is 48.5 Å². The second-order valence-electron chi connectivity index (χ2n) is 6.10. The fourth-order valence-electron chi connectivity index (χ4n) is 2.70. The van der Waals surface area contributed by atoms with Crippen molar-refractivity contribution in [3.8, 4) is 11.5 Å². The molecule has 2 aromatic rings. The van der Waals surface area contributed by atoms with Gasteiger partial charge < -0.3 is 14.8 Å². The van der Waals surface area contributed by atoms with Crippen molar-refractivity contribution < 1.29 is 19.1 Å². The molecule has 2 aromatic carbocycles. The van der Waals surface area contributed by atoms with Gasteiger partial charge in [-0.2, -0.15) is 0 Å². The van der Waals surface area contributed by atoms with E-state index in [4.69, 9.17) is 21.1 Å². The number of carbonyl (C=O) groups is 2. The Hall–Kier alpha value is -2.73. The van der Waals surface area contributed by atoms with Crippen LogP contribution in [-0.4, -0.2) is 38.1 Å². The average molecular weight is 389 g/mol. The van der Waals surface area contributed by atoms with Crippen LogP contribution in [0.4, 0.5) is 5.69 Å². The highest BCUT2D eigenvalue weighted by Crippen LogP contribution is 2.31. The molecule has 7 heteroatoms. The summed E-state index contributed by atoms with van der Waals surface area (Å²) in [6, 6.07) is 14.4. The predicted octanol–water partition coefficient (Wildman–Crippen LogP) is 3.04. The molecule has 0 aliphatic carbocycles. The highest BCUT2D eigenvalue weighted by molar-refractivity contribution is 6.30. The number of nitrogens with zero attached hydrogens (tertiary/aromatic N) is 1. The number of halogens is 1. The molecule has 3 rings (SSSR count). The van der Waals surface area contributed by atoms with Crippen LogP contribution < -0.4 is 19.7 Å². The molecule has 1 aliphatic heterocycles. The molecule has 1 N–H and O–H groups in total. The van der Waals surface area contributed by atoms with Gasteiger partial charge in [0.2, 0.25) is 5.91 Å². The summed E-state index contributed by atoms with van der Waals surface area (Å²) in [5.74, 6) is 0.969. The molecule has 27 heavy (non-hydrogen) atoms. The third kappa shape index (κ3) is 5.37. The van der Waals surface area contributed by atoms with Crippen LogP contribution in [0, 0.1) is 0 Å². The summed E-state index contributed by atoms with van der Waals surface area (Å²) < 4.78 is 11.0. The van der Waals surface area contributed by atoms with E-state index in [0.717, 1.165) is 18.6 Å². The number of anilines is 1. The number of carbonyl (C=O) groups excluding carboxylic acids is 2. The van der Waals surface area contributed by atoms with E-state index in [0.29, 0.717) is 29.6 Å². The summed E-state index contributed by atoms with van der Waals surface area (Å²) in [7, 11) is 0. The molecule has 0 fully saturated rings. The Morgan fingerprint density at radius 3 is 2.74 bits per heavy atom. The van der Waals surface area contributed by atoms with E-state index in [9.17, 15) is 9.59 Å². The maximum atomic E-state index is 12.2. The highest BCUT2D eigenvalue weighted by Gasteiger charge is 2.26. The van der Waals surface area contributed by atoms with Crippen molar-refractivity contribution in [2.45, 2.75) is 12.8 Å². The zero-order valence-electron chi connectivity index (χ0n) is 14.8. The smallest absolute Gasteiger partial charge is 0.265 e. The van der Waals surface area contributed by atoms with Crippen LogP contribution in [-0.2, 0) is 9.59 Å². The number of amides is 2. The largest absolute Gasteiger partial charge is 0.494 e. The van der Waals surface area contributed by atoms with Gasteiger partial charge in [-0.1, -0.05) is 23.7 Å². The number of nitrogens with one attached hydrogen (secondary N) is 1. The second-order valence-corrected chi connectivity index (χ2v) is 6.53. The summed E-state index contributed by atoms with van der Waals surface area (Å²) in [5.41, 5.74) is 0.625. The number of ether oxygens (including phenoxy) is 2. The Balaban J connectivity index is 1.36. The van der Waals surface area contributed by atoms with E-state index >= 15 is 0 Å². The van der Waals surface area contributed by atoms with E-state index < -0.39 is 0 Å². The lowest BCUT2D eigenvalue weighted by Gasteiger charge is -2.28. The van der Waals surface area contributed by atoms with E-state index in [1.807, 2.05) is 24.3 Å². The fourth-order valence-corrected chi connectivity index (χ4v) is 2.83. The highest BCUT2D eigenvalue weighted by atomic mass is 35.5. The van der Waals surface area contributed by atoms with Crippen LogP contribution in [0.1, 0.15) is 12.8 Å². The molecule has 0 aromatic heterocycles. The quantitative estimate of drug-likeness (QED) is 0.706. The van der Waals surface area contributed by atoms with Crippen molar-refractivity contribution in [2.75, 3.05) is 31.2 Å². The zero-order valence-corrected chi connectivity index (χ0v) is 15.6. The molecule has 0 saturated heterocycles. The van der Waals surface area contributed by atoms with Crippen LogP contribution in [0.3, 0.4) is 0 Å². The number of rotatable bonds is 8. The average Bonchev–Trinajstić information content (AvgIpc) is 2.68. The predicted molar refractivity (Wildman–Crippen MR) is 103 cm³/mol. The minimum atomic E-state index is -0.222. The van der Waals surface area contributed by atoms with E-state index in [2.05, 4.69) is 5.32 Å². The normalized spacial score (nSPS) is 12.9. The molecular formula is C20H21ClN2O4. The van der Waals surface area contributed by atoms with Crippen molar-refractivity contribution in [3.05, 3.63) is 53.6 Å². The molecule has 6 nitrogen and oxygen atoms in total. The van der Waals surface area contributed by atoms with Crippen LogP contribution in [0.5, 0.6) is 11.5 Å². The van der Waals surface area contributed by atoms with Crippen molar-refractivity contribution in [1.82, 2.24) is 5.32 Å². The van der Waals surface area contributed by atoms with Crippen LogP contribution >= 0.6 is 11.6 Å². The van der Waals surface area contributed by atoms with Gasteiger partial charge in [0.15, 0.2) is 6.61 Å². The lowest BCUT2D eigenvalue weighted by Crippen LogP contribution is -2.45. The maximum Gasteiger partial charge on any atom is 0.265 e. The Morgan fingerprint density at radius 2 is 1.93 bits per heavy atom. The summed E-state index contributed by atoms with van der Waals surface area (Å²) in [6.07, 6.45) is 1.59. The molecule has 1 aliphatic rings. The Kier molecular flexibility index (Phi) is 6.54. The monoisotopic (exact) mass is 388 g/mol. The third-order valence-corrected chi connectivity index (χ3v) is 4.34. The van der Waals surface area contributed by atoms with Gasteiger partial charge in [-0.15, -0.1) is 0 Å². The van der Waals surface area contributed by atoms with Crippen LogP contribution in [0.2, 0.25) is 5.02 Å². The number of unbranched alkanes of at least 4 members (excludes halogenated alkanes) is 1. The number of para-hydroxylation sites is 2. The first-order valence-corrected chi connectivity index (χ1v) is 9.18. The van der Waals surface area contributed by atoms with Gasteiger partial charge in [-0.3, -0.25) is 14.5 Å². The first-order chi connectivity index (χ1) is 13.1. The van der Waals surface area contributed by atoms with Gasteiger partial charge in [0, 0.05) is 11.6 Å². The third-order valence-electron chi connectivity index (χ3n) is 4.09. The van der Waals surface area contributed by atoms with E-state index in [1.54, 1.807) is 24.3 Å². The summed E-state index contributed by atoms with van der Waals surface area (Å²) in [6.45, 7) is 1.03. The number of hydrogen-bond donors (Lipinski definition) is 1. The van der Waals surface area contributed by atoms with Crippen molar-refractivity contribution in [3.63, 3.8) is 0 Å². The number of fused-ring (bicyclic) bond motifs is 1. The van der Waals surface area contributed by atoms with E-state index in [1.165, 1.54) is 4.90 Å². The lowest BCUT2D eigenvalue weighted by molar-refractivity contribution is -0.125. The second kappa shape index (κ2) is 9.28. The molecule has 0 saturated carbocycles. The van der Waals surface area contributed by atoms with Crippen molar-refractivity contribution >= 4 is 29.1 Å². The molecule has 0 bridgehead atoms. The molecular weight excluding hydrogens is 368 g/mol. The van der Waals surface area contributed by atoms with Crippen molar-refractivity contribution in [2.24, 2.45) is 0 Å². The van der Waals surface area contributed by atoms with Gasteiger partial charge in [0.25, 0.3) is 5.91 Å². The minimum absolute atomic E-state index is 0.0134. The van der Waals surface area contributed by atoms with Gasteiger partial charge in [0.05, 0.1) is 12.3 Å². The first kappa shape index (κ1) is 19.0. The van der Waals surface area contributed by atoms with Gasteiger partial charge in [-0.25, -0.2) is 0 Å². The van der Waals surface area contributed by atoms with Gasteiger partial charge >= 0.3 is 0 Å². The molecule has 0 atom stereocenters. The Bertz CT molecular complexity index is 795. The summed E-state index contributed by atoms with van der Waals surface area (Å²) in [4.78, 5) is 25.7. The minimum Gasteiger partial charge on any atom is -0.494 e. The SMILES string of the molecule is O=C(CN1C(=O)COc2ccccc21)NCCCCOc1ccc(Cl)cc1. The molecule has 0 spiro atoms. The maximum absolute atomic E-state index is 12.2. The molecule has 0 radical (unpaired) electrons. The van der Waals surface area contributed by atoms with Crippen molar-refractivity contribution in [1.29, 1.82) is 0 Å². The molecule has 142 valence electrons. The Labute approximate surface area is 163 Å². The lowest BCUT2D eigenvalue weighted by atomic mass is 10.2. The standard InChI is InChI=1S/C20H21ClN2O4/c21-15-7-9-16(10-8-15)26-12-4-3-11-22-19(24)13-23-17-5-1-2-6-18(17)27-14-20(23)25/h1-2,5-10H,3-4,11-14H2,(H,22,24). The topological polar surface area (TPSA) is 67.9 Å². The van der Waals surface area contributed by atoms with E-state index in [-0.39, 0.29) is 25.0 Å². The van der Waals surface area contributed by atoms with Crippen LogP contribution in [0.25, 0.3) is 0 Å². The summed E-state index contributed by atoms with van der Waals surface area (Å²) in [5, 5.41) is 3.51. The van der Waals surface area contributed by atoms with Gasteiger partial charge in [0.1, 0.15) is 18.0 Å². The number of hydrogen-bond acceptors (Lipinski definition) is 4. The molecule has 0 unspecified atom stereocenters. The first-order valence-electron chi connectivity index (χ1n) is 8.81. The molecule has 2 amide bonds. The zero-order chi connectivity index (χ0) is 19.1. The van der Waals surface area contributed by atoms with Gasteiger partial charge in [-0.05, 0) is 49.2 Å². The summed E-state index contributed by atoms with van der Waals surface area (Å²) >= 11 is 5.82.